The van der Waals surface area contributed by atoms with Gasteiger partial charge in [-0.2, -0.15) is 0 Å². The van der Waals surface area contributed by atoms with Crippen molar-refractivity contribution >= 4 is 17.3 Å². The second-order valence-electron chi connectivity index (χ2n) is 3.15. The van der Waals surface area contributed by atoms with E-state index >= 15 is 0 Å². The maximum absolute atomic E-state index is 10.6. The van der Waals surface area contributed by atoms with Crippen LogP contribution in [0, 0.1) is 10.1 Å². The number of hydrogen-bond acceptors (Lipinski definition) is 3. The van der Waals surface area contributed by atoms with Crippen molar-refractivity contribution in [1.82, 2.24) is 4.98 Å². The predicted octanol–water partition coefficient (Wildman–Crippen LogP) is 3.31. The molecule has 2 rings (SSSR count). The van der Waals surface area contributed by atoms with E-state index in [1.54, 1.807) is 30.5 Å². The van der Waals surface area contributed by atoms with Gasteiger partial charge in [0.1, 0.15) is 5.15 Å². The molecule has 1 aromatic heterocycles. The molecule has 0 radical (unpaired) electrons. The zero-order chi connectivity index (χ0) is 11.5. The van der Waals surface area contributed by atoms with Crippen LogP contribution in [-0.2, 0) is 0 Å². The molecule has 0 N–H and O–H groups in total. The van der Waals surface area contributed by atoms with E-state index in [-0.39, 0.29) is 5.69 Å². The molecule has 2 aromatic rings. The summed E-state index contributed by atoms with van der Waals surface area (Å²) < 4.78 is 0. The lowest BCUT2D eigenvalue weighted by Gasteiger charge is -2.02. The van der Waals surface area contributed by atoms with Gasteiger partial charge in [0.2, 0.25) is 0 Å². The lowest BCUT2D eigenvalue weighted by molar-refractivity contribution is -0.384. The van der Waals surface area contributed by atoms with Crippen molar-refractivity contribution in [2.45, 2.75) is 0 Å². The number of benzene rings is 1. The molecule has 0 spiro atoms. The normalized spacial score (nSPS) is 10.1. The zero-order valence-corrected chi connectivity index (χ0v) is 8.89. The van der Waals surface area contributed by atoms with Gasteiger partial charge in [-0.15, -0.1) is 0 Å². The van der Waals surface area contributed by atoms with Gasteiger partial charge >= 0.3 is 0 Å². The molecule has 0 unspecified atom stereocenters. The van der Waals surface area contributed by atoms with E-state index in [2.05, 4.69) is 4.98 Å². The average Bonchev–Trinajstić information content (AvgIpc) is 2.30. The Kier molecular flexibility index (Phi) is 2.83. The van der Waals surface area contributed by atoms with Crippen LogP contribution in [0.5, 0.6) is 0 Å². The van der Waals surface area contributed by atoms with E-state index < -0.39 is 4.92 Å². The Labute approximate surface area is 96.7 Å². The molecule has 0 saturated heterocycles. The number of hydrogen-bond donors (Lipinski definition) is 0. The van der Waals surface area contributed by atoms with Gasteiger partial charge in [-0.05, 0) is 17.7 Å². The lowest BCUT2D eigenvalue weighted by Crippen LogP contribution is -1.88. The van der Waals surface area contributed by atoms with Gasteiger partial charge in [0.25, 0.3) is 5.69 Å². The van der Waals surface area contributed by atoms with Crippen molar-refractivity contribution in [2.24, 2.45) is 0 Å². The van der Waals surface area contributed by atoms with Crippen molar-refractivity contribution in [3.05, 3.63) is 57.9 Å². The van der Waals surface area contributed by atoms with E-state index in [4.69, 9.17) is 11.6 Å². The van der Waals surface area contributed by atoms with E-state index in [1.165, 1.54) is 12.1 Å². The fourth-order valence-electron chi connectivity index (χ4n) is 1.39. The minimum atomic E-state index is -0.437. The highest BCUT2D eigenvalue weighted by Crippen LogP contribution is 2.28. The fraction of sp³-hybridized carbons (Fsp3) is 0. The highest BCUT2D eigenvalue weighted by Gasteiger charge is 2.09. The molecule has 0 saturated carbocycles. The summed E-state index contributed by atoms with van der Waals surface area (Å²) >= 11 is 5.91. The molecule has 16 heavy (non-hydrogen) atoms. The quantitative estimate of drug-likeness (QED) is 0.455. The lowest BCUT2D eigenvalue weighted by atomic mass is 10.1. The minimum Gasteiger partial charge on any atom is -0.258 e. The molecule has 1 aromatic carbocycles. The first kappa shape index (κ1) is 10.6. The first-order valence-corrected chi connectivity index (χ1v) is 4.91. The van der Waals surface area contributed by atoms with E-state index in [1.807, 2.05) is 0 Å². The van der Waals surface area contributed by atoms with Crippen LogP contribution in [0.15, 0.2) is 42.6 Å². The van der Waals surface area contributed by atoms with Gasteiger partial charge < -0.3 is 0 Å². The van der Waals surface area contributed by atoms with Crippen molar-refractivity contribution in [3.8, 4) is 11.1 Å². The number of nitro groups is 1. The molecule has 0 fully saturated rings. The zero-order valence-electron chi connectivity index (χ0n) is 8.13. The summed E-state index contributed by atoms with van der Waals surface area (Å²) in [6.45, 7) is 0. The number of nitro benzene ring substituents is 1. The predicted molar refractivity (Wildman–Crippen MR) is 61.3 cm³/mol. The monoisotopic (exact) mass is 234 g/mol. The topological polar surface area (TPSA) is 56.0 Å². The smallest absolute Gasteiger partial charge is 0.258 e. The summed E-state index contributed by atoms with van der Waals surface area (Å²) in [5.41, 5.74) is 1.41. The van der Waals surface area contributed by atoms with Crippen LogP contribution in [0.25, 0.3) is 11.1 Å². The summed E-state index contributed by atoms with van der Waals surface area (Å²) in [7, 11) is 0. The SMILES string of the molecule is O=[N+]([O-])c1cccc(-c2cccnc2Cl)c1. The fourth-order valence-corrected chi connectivity index (χ4v) is 1.62. The number of aromatic nitrogens is 1. The third-order valence-corrected chi connectivity index (χ3v) is 2.43. The first-order chi connectivity index (χ1) is 7.68. The third-order valence-electron chi connectivity index (χ3n) is 2.13. The second-order valence-corrected chi connectivity index (χ2v) is 3.51. The molecular formula is C11H7ClN2O2. The highest BCUT2D eigenvalue weighted by molar-refractivity contribution is 6.32. The van der Waals surface area contributed by atoms with Crippen molar-refractivity contribution in [2.75, 3.05) is 0 Å². The molecule has 1 heterocycles. The standard InChI is InChI=1S/C11H7ClN2O2/c12-11-10(5-2-6-13-11)8-3-1-4-9(7-8)14(15)16/h1-7H. The summed E-state index contributed by atoms with van der Waals surface area (Å²) in [6, 6.07) is 9.80. The number of non-ortho nitro benzene ring substituents is 1. The second kappa shape index (κ2) is 4.28. The largest absolute Gasteiger partial charge is 0.270 e. The molecule has 0 bridgehead atoms. The summed E-state index contributed by atoms with van der Waals surface area (Å²) in [6.07, 6.45) is 1.57. The van der Waals surface area contributed by atoms with Crippen molar-refractivity contribution in [1.29, 1.82) is 0 Å². The van der Waals surface area contributed by atoms with Crippen LogP contribution >= 0.6 is 11.6 Å². The van der Waals surface area contributed by atoms with Gasteiger partial charge in [-0.3, -0.25) is 10.1 Å². The number of halogens is 1. The first-order valence-electron chi connectivity index (χ1n) is 4.54. The van der Waals surface area contributed by atoms with Gasteiger partial charge in [-0.1, -0.05) is 23.7 Å². The minimum absolute atomic E-state index is 0.0393. The van der Waals surface area contributed by atoms with Gasteiger partial charge in [0.05, 0.1) is 4.92 Å². The number of pyridine rings is 1. The molecule has 80 valence electrons. The van der Waals surface area contributed by atoms with E-state index in [0.29, 0.717) is 16.3 Å². The Morgan fingerprint density at radius 3 is 2.75 bits per heavy atom. The Hall–Kier alpha value is -1.94. The number of rotatable bonds is 2. The molecule has 5 heteroatoms. The van der Waals surface area contributed by atoms with Crippen LogP contribution < -0.4 is 0 Å². The van der Waals surface area contributed by atoms with Gasteiger partial charge in [-0.25, -0.2) is 4.98 Å². The molecule has 0 aliphatic carbocycles. The highest BCUT2D eigenvalue weighted by atomic mass is 35.5. The van der Waals surface area contributed by atoms with Crippen LogP contribution in [0.4, 0.5) is 5.69 Å². The summed E-state index contributed by atoms with van der Waals surface area (Å²) in [4.78, 5) is 14.1. The van der Waals surface area contributed by atoms with E-state index in [9.17, 15) is 10.1 Å². The maximum atomic E-state index is 10.6. The summed E-state index contributed by atoms with van der Waals surface area (Å²) in [5, 5.41) is 11.0. The third kappa shape index (κ3) is 2.01. The van der Waals surface area contributed by atoms with Crippen LogP contribution in [-0.4, -0.2) is 9.91 Å². The Morgan fingerprint density at radius 1 is 1.25 bits per heavy atom. The van der Waals surface area contributed by atoms with Crippen molar-refractivity contribution < 1.29 is 4.92 Å². The molecule has 0 aliphatic heterocycles. The van der Waals surface area contributed by atoms with Crippen LogP contribution in [0.3, 0.4) is 0 Å². The molecule has 0 aliphatic rings. The Morgan fingerprint density at radius 2 is 2.06 bits per heavy atom. The molecule has 0 amide bonds. The molecular weight excluding hydrogens is 228 g/mol. The molecule has 0 atom stereocenters. The van der Waals surface area contributed by atoms with Crippen LogP contribution in [0.2, 0.25) is 5.15 Å². The van der Waals surface area contributed by atoms with Crippen LogP contribution in [0.1, 0.15) is 0 Å². The Bertz CT molecular complexity index is 543. The maximum Gasteiger partial charge on any atom is 0.270 e. The number of nitrogens with zero attached hydrogens (tertiary/aromatic N) is 2. The van der Waals surface area contributed by atoms with Crippen molar-refractivity contribution in [3.63, 3.8) is 0 Å². The molecule has 4 nitrogen and oxygen atoms in total. The summed E-state index contributed by atoms with van der Waals surface area (Å²) in [5.74, 6) is 0. The Balaban J connectivity index is 2.53. The average molecular weight is 235 g/mol. The van der Waals surface area contributed by atoms with Gasteiger partial charge in [0.15, 0.2) is 0 Å². The van der Waals surface area contributed by atoms with E-state index in [0.717, 1.165) is 0 Å². The van der Waals surface area contributed by atoms with Gasteiger partial charge in [0, 0.05) is 23.9 Å².